The molecule has 4 aromatic rings. The molecule has 0 aromatic carbocycles. The summed E-state index contributed by atoms with van der Waals surface area (Å²) in [6, 6.07) is 11.7. The van der Waals surface area contributed by atoms with E-state index in [1.54, 1.807) is 25.0 Å². The van der Waals surface area contributed by atoms with Crippen molar-refractivity contribution < 1.29 is 0 Å². The maximum Gasteiger partial charge on any atom is 0.138 e. The molecule has 0 amide bonds. The Balaban J connectivity index is 1.76. The van der Waals surface area contributed by atoms with Crippen LogP contribution < -0.4 is 0 Å². The molecule has 0 aliphatic carbocycles. The first kappa shape index (κ1) is 12.5. The Morgan fingerprint density at radius 1 is 0.636 bits per heavy atom. The van der Waals surface area contributed by atoms with Crippen LogP contribution >= 0.6 is 0 Å². The lowest BCUT2D eigenvalue weighted by Crippen LogP contribution is -1.99. The quantitative estimate of drug-likeness (QED) is 0.581. The molecule has 4 aromatic heterocycles. The van der Waals surface area contributed by atoms with Crippen LogP contribution in [-0.2, 0) is 0 Å². The Kier molecular flexibility index (Phi) is 2.97. The van der Waals surface area contributed by atoms with E-state index in [1.807, 2.05) is 57.9 Å². The smallest absolute Gasteiger partial charge is 0.138 e. The second-order valence-corrected chi connectivity index (χ2v) is 4.70. The third-order valence-electron chi connectivity index (χ3n) is 3.27. The van der Waals surface area contributed by atoms with Gasteiger partial charge >= 0.3 is 0 Å². The van der Waals surface area contributed by atoms with Crippen molar-refractivity contribution in [1.29, 1.82) is 0 Å². The zero-order chi connectivity index (χ0) is 14.8. The van der Waals surface area contributed by atoms with E-state index in [9.17, 15) is 0 Å². The molecule has 0 saturated carbocycles. The number of nitrogens with zero attached hydrogens (tertiary/aromatic N) is 6. The molecular formula is C16H12N6. The van der Waals surface area contributed by atoms with Crippen LogP contribution in [0.2, 0.25) is 0 Å². The minimum atomic E-state index is 0.810. The van der Waals surface area contributed by atoms with Crippen molar-refractivity contribution in [3.63, 3.8) is 0 Å². The third-order valence-corrected chi connectivity index (χ3v) is 3.27. The number of aromatic nitrogens is 6. The highest BCUT2D eigenvalue weighted by molar-refractivity contribution is 5.56. The first-order chi connectivity index (χ1) is 10.9. The zero-order valence-electron chi connectivity index (χ0n) is 11.6. The summed E-state index contributed by atoms with van der Waals surface area (Å²) < 4.78 is 3.73. The summed E-state index contributed by atoms with van der Waals surface area (Å²) in [7, 11) is 0. The summed E-state index contributed by atoms with van der Waals surface area (Å²) in [5, 5.41) is 0. The topological polar surface area (TPSA) is 61.4 Å². The number of pyridine rings is 2. The fourth-order valence-electron chi connectivity index (χ4n) is 2.21. The van der Waals surface area contributed by atoms with Gasteiger partial charge in [0.05, 0.1) is 11.4 Å². The Bertz CT molecular complexity index is 805. The number of rotatable bonds is 3. The summed E-state index contributed by atoms with van der Waals surface area (Å²) in [5.74, 6) is 1.62. The van der Waals surface area contributed by atoms with Gasteiger partial charge in [-0.15, -0.1) is 0 Å². The summed E-state index contributed by atoms with van der Waals surface area (Å²) in [5.41, 5.74) is 1.63. The molecule has 0 N–H and O–H groups in total. The monoisotopic (exact) mass is 288 g/mol. The van der Waals surface area contributed by atoms with Crippen LogP contribution in [0, 0.1) is 0 Å². The van der Waals surface area contributed by atoms with Gasteiger partial charge < -0.3 is 0 Å². The van der Waals surface area contributed by atoms with Gasteiger partial charge in [0, 0.05) is 24.8 Å². The highest BCUT2D eigenvalue weighted by Gasteiger charge is 2.05. The first-order valence-corrected chi connectivity index (χ1v) is 6.81. The molecule has 0 aliphatic rings. The molecule has 0 spiro atoms. The van der Waals surface area contributed by atoms with Crippen molar-refractivity contribution in [3.05, 3.63) is 73.8 Å². The van der Waals surface area contributed by atoms with Crippen molar-refractivity contribution in [3.8, 4) is 23.0 Å². The van der Waals surface area contributed by atoms with Crippen LogP contribution in [0.3, 0.4) is 0 Å². The van der Waals surface area contributed by atoms with Crippen LogP contribution in [0.15, 0.2) is 73.8 Å². The Morgan fingerprint density at radius 2 is 1.14 bits per heavy atom. The number of hydrogen-bond acceptors (Lipinski definition) is 4. The van der Waals surface area contributed by atoms with Crippen LogP contribution in [0.5, 0.6) is 0 Å². The Hall–Kier alpha value is -3.28. The lowest BCUT2D eigenvalue weighted by atomic mass is 10.2. The highest BCUT2D eigenvalue weighted by Crippen LogP contribution is 2.18. The van der Waals surface area contributed by atoms with Crippen LogP contribution in [0.1, 0.15) is 0 Å². The van der Waals surface area contributed by atoms with Gasteiger partial charge in [-0.2, -0.15) is 0 Å². The molecule has 22 heavy (non-hydrogen) atoms. The summed E-state index contributed by atoms with van der Waals surface area (Å²) in [6.45, 7) is 0. The second-order valence-electron chi connectivity index (χ2n) is 4.70. The molecule has 6 nitrogen and oxygen atoms in total. The number of hydrogen-bond donors (Lipinski definition) is 0. The van der Waals surface area contributed by atoms with E-state index in [-0.39, 0.29) is 0 Å². The Labute approximate surface area is 126 Å². The van der Waals surface area contributed by atoms with E-state index in [1.165, 1.54) is 0 Å². The maximum absolute atomic E-state index is 4.64. The highest BCUT2D eigenvalue weighted by atomic mass is 15.1. The minimum absolute atomic E-state index is 0.810. The molecule has 0 aliphatic heterocycles. The maximum atomic E-state index is 4.64. The summed E-state index contributed by atoms with van der Waals surface area (Å²) in [6.07, 6.45) is 10.6. The number of imidazole rings is 2. The average Bonchev–Trinajstić information content (AvgIpc) is 3.29. The molecule has 0 unspecified atom stereocenters. The molecule has 0 atom stereocenters. The van der Waals surface area contributed by atoms with Gasteiger partial charge in [-0.25, -0.2) is 19.9 Å². The third kappa shape index (κ3) is 2.26. The largest absolute Gasteiger partial charge is 0.291 e. The molecule has 0 bridgehead atoms. The van der Waals surface area contributed by atoms with E-state index < -0.39 is 0 Å². The first-order valence-electron chi connectivity index (χ1n) is 6.81. The second kappa shape index (κ2) is 5.25. The lowest BCUT2D eigenvalue weighted by Gasteiger charge is -2.06. The van der Waals surface area contributed by atoms with E-state index in [2.05, 4.69) is 19.9 Å². The van der Waals surface area contributed by atoms with Crippen molar-refractivity contribution in [2.75, 3.05) is 0 Å². The van der Waals surface area contributed by atoms with Gasteiger partial charge in [-0.1, -0.05) is 12.1 Å². The van der Waals surface area contributed by atoms with Crippen molar-refractivity contribution in [2.45, 2.75) is 0 Å². The minimum Gasteiger partial charge on any atom is -0.291 e. The van der Waals surface area contributed by atoms with Crippen molar-refractivity contribution >= 4 is 0 Å². The zero-order valence-corrected chi connectivity index (χ0v) is 11.6. The van der Waals surface area contributed by atoms with Crippen molar-refractivity contribution in [2.24, 2.45) is 0 Å². The summed E-state index contributed by atoms with van der Waals surface area (Å²) in [4.78, 5) is 17.4. The lowest BCUT2D eigenvalue weighted by molar-refractivity contribution is 0.978. The SMILES string of the molecule is c1cc(-c2cccc(-n3ccnc3)n2)nc(-n2ccnc2)c1. The molecule has 4 rings (SSSR count). The van der Waals surface area contributed by atoms with Crippen LogP contribution in [0.4, 0.5) is 0 Å². The van der Waals surface area contributed by atoms with Gasteiger partial charge in [-0.3, -0.25) is 9.13 Å². The van der Waals surface area contributed by atoms with Gasteiger partial charge in [-0.05, 0) is 24.3 Å². The van der Waals surface area contributed by atoms with Gasteiger partial charge in [0.2, 0.25) is 0 Å². The predicted molar refractivity (Wildman–Crippen MR) is 81.7 cm³/mol. The van der Waals surface area contributed by atoms with E-state index in [4.69, 9.17) is 0 Å². The predicted octanol–water partition coefficient (Wildman–Crippen LogP) is 2.51. The van der Waals surface area contributed by atoms with Crippen LogP contribution in [0.25, 0.3) is 23.0 Å². The van der Waals surface area contributed by atoms with E-state index >= 15 is 0 Å². The molecule has 6 heteroatoms. The fourth-order valence-corrected chi connectivity index (χ4v) is 2.21. The normalized spacial score (nSPS) is 10.7. The molecule has 0 saturated heterocycles. The van der Waals surface area contributed by atoms with E-state index in [0.29, 0.717) is 0 Å². The van der Waals surface area contributed by atoms with Gasteiger partial charge in [0.15, 0.2) is 0 Å². The summed E-state index contributed by atoms with van der Waals surface area (Å²) >= 11 is 0. The Morgan fingerprint density at radius 3 is 1.55 bits per heavy atom. The molecular weight excluding hydrogens is 276 g/mol. The molecule has 0 fully saturated rings. The van der Waals surface area contributed by atoms with Gasteiger partial charge in [0.1, 0.15) is 24.3 Å². The van der Waals surface area contributed by atoms with Gasteiger partial charge in [0.25, 0.3) is 0 Å². The molecule has 0 radical (unpaired) electrons. The fraction of sp³-hybridized carbons (Fsp3) is 0. The van der Waals surface area contributed by atoms with Crippen molar-refractivity contribution in [1.82, 2.24) is 29.1 Å². The molecule has 106 valence electrons. The van der Waals surface area contributed by atoms with E-state index in [0.717, 1.165) is 23.0 Å². The average molecular weight is 288 g/mol. The van der Waals surface area contributed by atoms with Crippen LogP contribution in [-0.4, -0.2) is 29.1 Å². The standard InChI is InChI=1S/C16H12N6/c1-3-13(19-15(5-1)21-9-7-17-11-21)14-4-2-6-16(20-14)22-10-8-18-12-22/h1-12H. The molecule has 4 heterocycles.